The fourth-order valence-electron chi connectivity index (χ4n) is 4.11. The van der Waals surface area contributed by atoms with Gasteiger partial charge in [-0.15, -0.1) is 0 Å². The zero-order valence-corrected chi connectivity index (χ0v) is 17.1. The van der Waals surface area contributed by atoms with Crippen LogP contribution in [0.25, 0.3) is 0 Å². The van der Waals surface area contributed by atoms with Crippen molar-refractivity contribution in [1.29, 1.82) is 0 Å². The van der Waals surface area contributed by atoms with Gasteiger partial charge in [-0.25, -0.2) is 4.98 Å². The van der Waals surface area contributed by atoms with Crippen molar-refractivity contribution in [2.45, 2.75) is 51.0 Å². The first kappa shape index (κ1) is 20.3. The van der Waals surface area contributed by atoms with Gasteiger partial charge in [-0.05, 0) is 51.3 Å². The van der Waals surface area contributed by atoms with E-state index < -0.39 is 0 Å². The third kappa shape index (κ3) is 5.32. The van der Waals surface area contributed by atoms with Gasteiger partial charge >= 0.3 is 0 Å². The molecule has 2 aromatic rings. The second-order valence-electron chi connectivity index (χ2n) is 8.35. The number of ether oxygens (including phenoxy) is 1. The first-order valence-electron chi connectivity index (χ1n) is 10.0. The number of benzene rings is 1. The number of amides is 1. The molecule has 1 atom stereocenters. The van der Waals surface area contributed by atoms with Gasteiger partial charge in [0.25, 0.3) is 0 Å². The fourth-order valence-corrected chi connectivity index (χ4v) is 4.11. The number of rotatable bonds is 7. The van der Waals surface area contributed by atoms with Crippen LogP contribution in [0.4, 0.5) is 5.82 Å². The highest BCUT2D eigenvalue weighted by Gasteiger charge is 2.43. The maximum absolute atomic E-state index is 12.8. The van der Waals surface area contributed by atoms with E-state index in [1.807, 2.05) is 18.2 Å². The van der Waals surface area contributed by atoms with Crippen molar-refractivity contribution in [1.82, 2.24) is 10.3 Å². The molecule has 5 heteroatoms. The molecule has 28 heavy (non-hydrogen) atoms. The van der Waals surface area contributed by atoms with E-state index in [1.165, 1.54) is 11.1 Å². The van der Waals surface area contributed by atoms with Gasteiger partial charge in [0, 0.05) is 37.7 Å². The Morgan fingerprint density at radius 2 is 1.93 bits per heavy atom. The van der Waals surface area contributed by atoms with Crippen LogP contribution in [0.1, 0.15) is 44.2 Å². The van der Waals surface area contributed by atoms with Crippen LogP contribution in [0.15, 0.2) is 48.7 Å². The first-order valence-corrected chi connectivity index (χ1v) is 10.0. The molecule has 1 aliphatic heterocycles. The number of carbonyl (C=O) groups excluding carboxylic acids is 1. The number of nitrogens with zero attached hydrogens (tertiary/aromatic N) is 1. The summed E-state index contributed by atoms with van der Waals surface area (Å²) < 4.78 is 5.95. The lowest BCUT2D eigenvalue weighted by Crippen LogP contribution is -2.46. The third-order valence-corrected chi connectivity index (χ3v) is 5.42. The molecular weight excluding hydrogens is 350 g/mol. The highest BCUT2D eigenvalue weighted by molar-refractivity contribution is 5.77. The highest BCUT2D eigenvalue weighted by atomic mass is 16.5. The number of hydrogen-bond acceptors (Lipinski definition) is 4. The molecule has 1 aromatic heterocycles. The zero-order chi connectivity index (χ0) is 20.0. The largest absolute Gasteiger partial charge is 0.376 e. The van der Waals surface area contributed by atoms with Crippen molar-refractivity contribution in [2.75, 3.05) is 25.0 Å². The van der Waals surface area contributed by atoms with Gasteiger partial charge < -0.3 is 15.4 Å². The molecule has 150 valence electrons. The lowest BCUT2D eigenvalue weighted by molar-refractivity contribution is -0.126. The summed E-state index contributed by atoms with van der Waals surface area (Å²) >= 11 is 0. The van der Waals surface area contributed by atoms with Crippen LogP contribution in [-0.4, -0.2) is 36.2 Å². The average Bonchev–Trinajstić information content (AvgIpc) is 2.66. The molecule has 2 heterocycles. The van der Waals surface area contributed by atoms with Crippen molar-refractivity contribution in [3.8, 4) is 0 Å². The van der Waals surface area contributed by atoms with Crippen LogP contribution in [0, 0.1) is 6.92 Å². The van der Waals surface area contributed by atoms with Crippen molar-refractivity contribution < 1.29 is 9.53 Å². The summed E-state index contributed by atoms with van der Waals surface area (Å²) in [5.41, 5.74) is 2.05. The maximum Gasteiger partial charge on any atom is 0.220 e. The SMILES string of the molecule is Cc1ccc(C2(CC(=O)NCCNc3ccccn3)CCOC(C)(C)C2)cc1. The summed E-state index contributed by atoms with van der Waals surface area (Å²) in [7, 11) is 0. The Morgan fingerprint density at radius 3 is 2.61 bits per heavy atom. The number of anilines is 1. The van der Waals surface area contributed by atoms with E-state index in [1.54, 1.807) is 6.20 Å². The van der Waals surface area contributed by atoms with Gasteiger partial charge in [-0.3, -0.25) is 4.79 Å². The molecule has 1 saturated heterocycles. The zero-order valence-electron chi connectivity index (χ0n) is 17.1. The number of aryl methyl sites for hydroxylation is 1. The Hall–Kier alpha value is -2.40. The van der Waals surface area contributed by atoms with E-state index >= 15 is 0 Å². The number of nitrogens with one attached hydrogen (secondary N) is 2. The minimum atomic E-state index is -0.232. The molecule has 5 nitrogen and oxygen atoms in total. The lowest BCUT2D eigenvalue weighted by atomic mass is 9.67. The quantitative estimate of drug-likeness (QED) is 0.716. The Bertz CT molecular complexity index is 774. The molecule has 0 radical (unpaired) electrons. The summed E-state index contributed by atoms with van der Waals surface area (Å²) in [4.78, 5) is 17.0. The topological polar surface area (TPSA) is 63.2 Å². The van der Waals surface area contributed by atoms with Gasteiger partial charge in [0.1, 0.15) is 5.82 Å². The molecule has 2 N–H and O–H groups in total. The molecule has 3 rings (SSSR count). The summed E-state index contributed by atoms with van der Waals surface area (Å²) in [5, 5.41) is 6.28. The van der Waals surface area contributed by atoms with Gasteiger partial charge in [0.05, 0.1) is 5.60 Å². The predicted molar refractivity (Wildman–Crippen MR) is 112 cm³/mol. The van der Waals surface area contributed by atoms with Crippen LogP contribution in [0.3, 0.4) is 0 Å². The lowest BCUT2D eigenvalue weighted by Gasteiger charge is -2.45. The predicted octanol–water partition coefficient (Wildman–Crippen LogP) is 3.84. The van der Waals surface area contributed by atoms with E-state index in [0.29, 0.717) is 26.1 Å². The van der Waals surface area contributed by atoms with E-state index in [9.17, 15) is 4.79 Å². The van der Waals surface area contributed by atoms with E-state index in [0.717, 1.165) is 18.7 Å². The van der Waals surface area contributed by atoms with Crippen molar-refractivity contribution in [3.63, 3.8) is 0 Å². The van der Waals surface area contributed by atoms with Crippen molar-refractivity contribution in [2.24, 2.45) is 0 Å². The standard InChI is InChI=1S/C23H31N3O2/c1-18-7-9-19(10-8-18)23(11-15-28-22(2,3)17-23)16-21(27)26-14-13-25-20-6-4-5-12-24-20/h4-10,12H,11,13-17H2,1-3H3,(H,24,25)(H,26,27). The number of hydrogen-bond donors (Lipinski definition) is 2. The molecule has 1 aliphatic rings. The van der Waals surface area contributed by atoms with Crippen LogP contribution < -0.4 is 10.6 Å². The monoisotopic (exact) mass is 381 g/mol. The highest BCUT2D eigenvalue weighted by Crippen LogP contribution is 2.44. The first-order chi connectivity index (χ1) is 13.4. The molecule has 1 unspecified atom stereocenters. The average molecular weight is 382 g/mol. The van der Waals surface area contributed by atoms with Crippen molar-refractivity contribution >= 4 is 11.7 Å². The molecule has 0 saturated carbocycles. The van der Waals surface area contributed by atoms with E-state index in [2.05, 4.69) is 60.7 Å². The van der Waals surface area contributed by atoms with Gasteiger partial charge in [0.2, 0.25) is 5.91 Å². The number of carbonyl (C=O) groups is 1. The van der Waals surface area contributed by atoms with E-state index in [4.69, 9.17) is 4.74 Å². The van der Waals surface area contributed by atoms with Crippen LogP contribution in [0.2, 0.25) is 0 Å². The van der Waals surface area contributed by atoms with Crippen LogP contribution in [0.5, 0.6) is 0 Å². The second kappa shape index (κ2) is 8.74. The summed E-state index contributed by atoms with van der Waals surface area (Å²) in [6.45, 7) is 8.21. The van der Waals surface area contributed by atoms with E-state index in [-0.39, 0.29) is 16.9 Å². The Morgan fingerprint density at radius 1 is 1.14 bits per heavy atom. The summed E-state index contributed by atoms with van der Waals surface area (Å²) in [5.74, 6) is 0.903. The summed E-state index contributed by atoms with van der Waals surface area (Å²) in [6, 6.07) is 14.3. The molecular formula is C23H31N3O2. The molecule has 0 spiro atoms. The number of pyridine rings is 1. The molecule has 0 aliphatic carbocycles. The van der Waals surface area contributed by atoms with Gasteiger partial charge in [-0.2, -0.15) is 0 Å². The van der Waals surface area contributed by atoms with Gasteiger partial charge in [0.15, 0.2) is 0 Å². The van der Waals surface area contributed by atoms with Gasteiger partial charge in [-0.1, -0.05) is 35.9 Å². The molecule has 1 fully saturated rings. The Kier molecular flexibility index (Phi) is 6.35. The minimum Gasteiger partial charge on any atom is -0.376 e. The second-order valence-corrected chi connectivity index (χ2v) is 8.35. The van der Waals surface area contributed by atoms with Crippen LogP contribution >= 0.6 is 0 Å². The van der Waals surface area contributed by atoms with Crippen molar-refractivity contribution in [3.05, 3.63) is 59.8 Å². The Labute approximate surface area is 167 Å². The third-order valence-electron chi connectivity index (χ3n) is 5.42. The maximum atomic E-state index is 12.8. The number of aromatic nitrogens is 1. The molecule has 0 bridgehead atoms. The normalized spacial score (nSPS) is 21.1. The Balaban J connectivity index is 1.62. The van der Waals surface area contributed by atoms with Crippen LogP contribution in [-0.2, 0) is 14.9 Å². The summed E-state index contributed by atoms with van der Waals surface area (Å²) in [6.07, 6.45) is 3.92. The minimum absolute atomic E-state index is 0.0843. The molecule has 1 aromatic carbocycles. The smallest absolute Gasteiger partial charge is 0.220 e. The molecule has 1 amide bonds. The fraction of sp³-hybridized carbons (Fsp3) is 0.478.